The third-order valence-electron chi connectivity index (χ3n) is 3.50. The van der Waals surface area contributed by atoms with Gasteiger partial charge in [-0.2, -0.15) is 0 Å². The third kappa shape index (κ3) is 2.59. The highest BCUT2D eigenvalue weighted by Crippen LogP contribution is 2.28. The van der Waals surface area contributed by atoms with Gasteiger partial charge >= 0.3 is 0 Å². The van der Waals surface area contributed by atoms with E-state index in [1.165, 1.54) is 16.9 Å². The maximum absolute atomic E-state index is 12.4. The fourth-order valence-corrected chi connectivity index (χ4v) is 3.31. The van der Waals surface area contributed by atoms with Crippen molar-refractivity contribution in [3.63, 3.8) is 0 Å². The van der Waals surface area contributed by atoms with Gasteiger partial charge in [0, 0.05) is 31.7 Å². The first kappa shape index (κ1) is 13.3. The number of aryl methyl sites for hydroxylation is 1. The lowest BCUT2D eigenvalue weighted by Gasteiger charge is -2.26. The predicted molar refractivity (Wildman–Crippen MR) is 81.1 cm³/mol. The van der Waals surface area contributed by atoms with Crippen molar-refractivity contribution in [3.05, 3.63) is 40.9 Å². The van der Waals surface area contributed by atoms with Crippen molar-refractivity contribution in [2.45, 2.75) is 6.92 Å². The van der Waals surface area contributed by atoms with Gasteiger partial charge < -0.3 is 10.2 Å². The van der Waals surface area contributed by atoms with Crippen molar-refractivity contribution in [2.75, 3.05) is 26.2 Å². The molecule has 0 bridgehead atoms. The monoisotopic (exact) mass is 287 g/mol. The van der Waals surface area contributed by atoms with Crippen LogP contribution in [0.1, 0.15) is 15.2 Å². The molecule has 1 aliphatic rings. The Morgan fingerprint density at radius 2 is 2.05 bits per heavy atom. The van der Waals surface area contributed by atoms with Gasteiger partial charge in [0.25, 0.3) is 5.91 Å². The van der Waals surface area contributed by atoms with Crippen LogP contribution in [0.5, 0.6) is 0 Å². The normalized spacial score (nSPS) is 15.3. The molecule has 20 heavy (non-hydrogen) atoms. The maximum Gasteiger partial charge on any atom is 0.265 e. The quantitative estimate of drug-likeness (QED) is 0.920. The van der Waals surface area contributed by atoms with E-state index in [0.29, 0.717) is 0 Å². The van der Waals surface area contributed by atoms with Crippen LogP contribution in [0, 0.1) is 6.92 Å². The summed E-state index contributed by atoms with van der Waals surface area (Å²) < 4.78 is 0. The van der Waals surface area contributed by atoms with Gasteiger partial charge in [-0.15, -0.1) is 11.3 Å². The summed E-state index contributed by atoms with van der Waals surface area (Å²) in [6.07, 6.45) is 1.71. The topological polar surface area (TPSA) is 45.2 Å². The van der Waals surface area contributed by atoms with E-state index in [0.717, 1.165) is 41.6 Å². The van der Waals surface area contributed by atoms with E-state index in [2.05, 4.69) is 23.3 Å². The molecule has 4 nitrogen and oxygen atoms in total. The van der Waals surface area contributed by atoms with Crippen molar-refractivity contribution >= 4 is 17.2 Å². The zero-order valence-corrected chi connectivity index (χ0v) is 12.2. The molecule has 1 N–H and O–H groups in total. The molecule has 1 fully saturated rings. The molecular formula is C15H17N3OS. The summed E-state index contributed by atoms with van der Waals surface area (Å²) in [4.78, 5) is 19.4. The van der Waals surface area contributed by atoms with Crippen LogP contribution in [-0.2, 0) is 0 Å². The summed E-state index contributed by atoms with van der Waals surface area (Å²) >= 11 is 1.48. The minimum atomic E-state index is 0.101. The van der Waals surface area contributed by atoms with Crippen molar-refractivity contribution in [1.29, 1.82) is 0 Å². The Hall–Kier alpha value is -1.72. The molecule has 1 aromatic heterocycles. The number of thiazole rings is 1. The Bertz CT molecular complexity index is 617. The predicted octanol–water partition coefficient (Wildman–Crippen LogP) is 2.16. The molecule has 0 spiro atoms. The van der Waals surface area contributed by atoms with Crippen molar-refractivity contribution < 1.29 is 4.79 Å². The standard InChI is InChI=1S/C15H17N3OS/c1-11-4-2-3-5-12(11)14-17-10-13(20-14)15(19)18-8-6-16-7-9-18/h2-5,10,16H,6-9H2,1H3. The largest absolute Gasteiger partial charge is 0.335 e. The minimum absolute atomic E-state index is 0.101. The Labute approximate surface area is 122 Å². The summed E-state index contributed by atoms with van der Waals surface area (Å²) in [5.74, 6) is 0.101. The molecular weight excluding hydrogens is 270 g/mol. The van der Waals surface area contributed by atoms with Gasteiger partial charge in [0.1, 0.15) is 9.88 Å². The van der Waals surface area contributed by atoms with Crippen LogP contribution in [0.2, 0.25) is 0 Å². The lowest BCUT2D eigenvalue weighted by atomic mass is 10.1. The van der Waals surface area contributed by atoms with E-state index < -0.39 is 0 Å². The molecule has 2 aromatic rings. The number of carbonyl (C=O) groups is 1. The molecule has 1 saturated heterocycles. The minimum Gasteiger partial charge on any atom is -0.335 e. The first-order chi connectivity index (χ1) is 9.75. The highest BCUT2D eigenvalue weighted by Gasteiger charge is 2.20. The van der Waals surface area contributed by atoms with Crippen molar-refractivity contribution in [2.24, 2.45) is 0 Å². The SMILES string of the molecule is Cc1ccccc1-c1ncc(C(=O)N2CCNCC2)s1. The Kier molecular flexibility index (Phi) is 3.80. The highest BCUT2D eigenvalue weighted by molar-refractivity contribution is 7.16. The fraction of sp³-hybridized carbons (Fsp3) is 0.333. The van der Waals surface area contributed by atoms with Crippen LogP contribution in [0.3, 0.4) is 0 Å². The second kappa shape index (κ2) is 5.73. The molecule has 1 aromatic carbocycles. The average Bonchev–Trinajstić information content (AvgIpc) is 2.97. The first-order valence-corrected chi connectivity index (χ1v) is 7.59. The Morgan fingerprint density at radius 3 is 2.80 bits per heavy atom. The molecule has 0 aliphatic carbocycles. The second-order valence-corrected chi connectivity index (χ2v) is 5.92. The number of benzene rings is 1. The number of hydrogen-bond donors (Lipinski definition) is 1. The van der Waals surface area contributed by atoms with Gasteiger partial charge in [0.05, 0.1) is 6.20 Å². The number of amides is 1. The van der Waals surface area contributed by atoms with Gasteiger partial charge in [0.15, 0.2) is 0 Å². The van der Waals surface area contributed by atoms with Gasteiger partial charge in [0.2, 0.25) is 0 Å². The van der Waals surface area contributed by atoms with E-state index in [-0.39, 0.29) is 5.91 Å². The summed E-state index contributed by atoms with van der Waals surface area (Å²) in [7, 11) is 0. The molecule has 3 rings (SSSR count). The summed E-state index contributed by atoms with van der Waals surface area (Å²) in [6, 6.07) is 8.13. The van der Waals surface area contributed by atoms with E-state index in [1.54, 1.807) is 6.20 Å². The van der Waals surface area contributed by atoms with Crippen LogP contribution in [0.4, 0.5) is 0 Å². The lowest BCUT2D eigenvalue weighted by molar-refractivity contribution is 0.0740. The smallest absolute Gasteiger partial charge is 0.265 e. The van der Waals surface area contributed by atoms with Crippen LogP contribution in [0.15, 0.2) is 30.5 Å². The van der Waals surface area contributed by atoms with Crippen molar-refractivity contribution in [3.8, 4) is 10.6 Å². The van der Waals surface area contributed by atoms with Gasteiger partial charge in [-0.3, -0.25) is 4.79 Å². The number of hydrogen-bond acceptors (Lipinski definition) is 4. The number of piperazine rings is 1. The third-order valence-corrected chi connectivity index (χ3v) is 4.51. The summed E-state index contributed by atoms with van der Waals surface area (Å²) in [5, 5.41) is 4.17. The average molecular weight is 287 g/mol. The van der Waals surface area contributed by atoms with E-state index in [4.69, 9.17) is 0 Å². The van der Waals surface area contributed by atoms with E-state index in [1.807, 2.05) is 23.1 Å². The molecule has 0 radical (unpaired) electrons. The Balaban J connectivity index is 1.83. The number of nitrogens with zero attached hydrogens (tertiary/aromatic N) is 2. The second-order valence-electron chi connectivity index (χ2n) is 4.89. The van der Waals surface area contributed by atoms with E-state index >= 15 is 0 Å². The van der Waals surface area contributed by atoms with Gasteiger partial charge in [-0.25, -0.2) is 4.98 Å². The molecule has 0 atom stereocenters. The van der Waals surface area contributed by atoms with Gasteiger partial charge in [-0.1, -0.05) is 24.3 Å². The molecule has 0 unspecified atom stereocenters. The number of carbonyl (C=O) groups excluding carboxylic acids is 1. The molecule has 5 heteroatoms. The number of rotatable bonds is 2. The molecule has 1 amide bonds. The van der Waals surface area contributed by atoms with Crippen LogP contribution >= 0.6 is 11.3 Å². The van der Waals surface area contributed by atoms with Gasteiger partial charge in [-0.05, 0) is 12.5 Å². The van der Waals surface area contributed by atoms with Crippen molar-refractivity contribution in [1.82, 2.24) is 15.2 Å². The summed E-state index contributed by atoms with van der Waals surface area (Å²) in [6.45, 7) is 5.35. The molecule has 2 heterocycles. The zero-order chi connectivity index (χ0) is 13.9. The number of aromatic nitrogens is 1. The number of nitrogens with one attached hydrogen (secondary N) is 1. The van der Waals surface area contributed by atoms with E-state index in [9.17, 15) is 4.79 Å². The van der Waals surface area contributed by atoms with Crippen LogP contribution in [-0.4, -0.2) is 42.0 Å². The lowest BCUT2D eigenvalue weighted by Crippen LogP contribution is -2.46. The molecule has 0 saturated carbocycles. The first-order valence-electron chi connectivity index (χ1n) is 6.77. The fourth-order valence-electron chi connectivity index (χ4n) is 2.33. The van der Waals surface area contributed by atoms with Crippen LogP contribution < -0.4 is 5.32 Å². The Morgan fingerprint density at radius 1 is 1.30 bits per heavy atom. The highest BCUT2D eigenvalue weighted by atomic mass is 32.1. The maximum atomic E-state index is 12.4. The molecule has 1 aliphatic heterocycles. The van der Waals surface area contributed by atoms with Crippen LogP contribution in [0.25, 0.3) is 10.6 Å². The summed E-state index contributed by atoms with van der Waals surface area (Å²) in [5.41, 5.74) is 2.29. The zero-order valence-electron chi connectivity index (χ0n) is 11.4. The molecule has 104 valence electrons.